The summed E-state index contributed by atoms with van der Waals surface area (Å²) >= 11 is 1.54. The fraction of sp³-hybridized carbons (Fsp3) is 0.364. The van der Waals surface area contributed by atoms with Crippen LogP contribution in [0.1, 0.15) is 17.8 Å². The molecule has 0 saturated carbocycles. The zero-order valence-corrected chi connectivity index (χ0v) is 9.55. The molecule has 0 fully saturated rings. The van der Waals surface area contributed by atoms with Crippen molar-refractivity contribution in [2.75, 3.05) is 13.2 Å². The highest BCUT2D eigenvalue weighted by Crippen LogP contribution is 2.20. The molecule has 4 heteroatoms. The lowest BCUT2D eigenvalue weighted by molar-refractivity contribution is -0.145. The van der Waals surface area contributed by atoms with Gasteiger partial charge in [-0.1, -0.05) is 12.1 Å². The highest BCUT2D eigenvalue weighted by atomic mass is 32.1. The Morgan fingerprint density at radius 1 is 1.80 bits per heavy atom. The molecule has 0 amide bonds. The van der Waals surface area contributed by atoms with E-state index in [1.54, 1.807) is 13.0 Å². The van der Waals surface area contributed by atoms with Crippen molar-refractivity contribution in [1.29, 1.82) is 0 Å². The second kappa shape index (κ2) is 6.37. The summed E-state index contributed by atoms with van der Waals surface area (Å²) in [6.07, 6.45) is 1.72. The number of nitrogens with one attached hydrogen (secondary N) is 1. The number of ether oxygens (including phenoxy) is 1. The molecule has 1 heterocycles. The van der Waals surface area contributed by atoms with Crippen molar-refractivity contribution in [3.8, 4) is 0 Å². The van der Waals surface area contributed by atoms with Gasteiger partial charge in [0, 0.05) is 11.4 Å². The van der Waals surface area contributed by atoms with E-state index in [0.29, 0.717) is 13.2 Å². The summed E-state index contributed by atoms with van der Waals surface area (Å²) in [5, 5.41) is 5.02. The molecule has 0 radical (unpaired) electrons. The van der Waals surface area contributed by atoms with E-state index >= 15 is 0 Å². The lowest BCUT2D eigenvalue weighted by atomic mass is 10.2. The first-order valence-corrected chi connectivity index (χ1v) is 5.71. The van der Waals surface area contributed by atoms with E-state index in [1.807, 2.05) is 17.5 Å². The molecule has 0 aliphatic rings. The van der Waals surface area contributed by atoms with Crippen molar-refractivity contribution >= 4 is 17.3 Å². The van der Waals surface area contributed by atoms with Gasteiger partial charge in [-0.15, -0.1) is 17.9 Å². The molecule has 1 atom stereocenters. The number of carbonyl (C=O) groups excluding carboxylic acids is 1. The minimum Gasteiger partial charge on any atom is -0.465 e. The standard InChI is InChI=1S/C11H15NO2S/c1-3-7-12-10(11(13)14-4-2)9-6-5-8-15-9/h3,5-6,8,10,12H,1,4,7H2,2H3. The van der Waals surface area contributed by atoms with Crippen molar-refractivity contribution in [3.63, 3.8) is 0 Å². The average Bonchev–Trinajstić information content (AvgIpc) is 2.72. The highest BCUT2D eigenvalue weighted by Gasteiger charge is 2.21. The van der Waals surface area contributed by atoms with Crippen LogP contribution in [0.25, 0.3) is 0 Å². The van der Waals surface area contributed by atoms with Crippen molar-refractivity contribution in [3.05, 3.63) is 35.0 Å². The molecule has 82 valence electrons. The Labute approximate surface area is 93.8 Å². The summed E-state index contributed by atoms with van der Waals surface area (Å²) in [6.45, 7) is 6.39. The van der Waals surface area contributed by atoms with Crippen LogP contribution in [0.3, 0.4) is 0 Å². The summed E-state index contributed by atoms with van der Waals surface area (Å²) in [5.41, 5.74) is 0. The first kappa shape index (κ1) is 11.9. The van der Waals surface area contributed by atoms with Crippen LogP contribution >= 0.6 is 11.3 Å². The molecule has 1 aromatic rings. The van der Waals surface area contributed by atoms with Gasteiger partial charge in [0.15, 0.2) is 0 Å². The van der Waals surface area contributed by atoms with Crippen LogP contribution in [-0.2, 0) is 9.53 Å². The predicted octanol–water partition coefficient (Wildman–Crippen LogP) is 2.13. The quantitative estimate of drug-likeness (QED) is 0.595. The molecule has 1 unspecified atom stereocenters. The molecule has 0 saturated heterocycles. The molecule has 0 spiro atoms. The molecular weight excluding hydrogens is 210 g/mol. The smallest absolute Gasteiger partial charge is 0.328 e. The first-order chi connectivity index (χ1) is 7.29. The lowest BCUT2D eigenvalue weighted by Gasteiger charge is -2.14. The Hall–Kier alpha value is -1.13. The number of carbonyl (C=O) groups is 1. The Bertz CT molecular complexity index is 308. The van der Waals surface area contributed by atoms with Gasteiger partial charge in [-0.25, -0.2) is 4.79 Å². The lowest BCUT2D eigenvalue weighted by Crippen LogP contribution is -2.29. The van der Waals surface area contributed by atoms with Crippen LogP contribution in [0.5, 0.6) is 0 Å². The maximum Gasteiger partial charge on any atom is 0.328 e. The van der Waals surface area contributed by atoms with Gasteiger partial charge in [0.05, 0.1) is 6.61 Å². The van der Waals surface area contributed by atoms with E-state index in [9.17, 15) is 4.79 Å². The van der Waals surface area contributed by atoms with Gasteiger partial charge in [-0.05, 0) is 18.4 Å². The van der Waals surface area contributed by atoms with Crippen LogP contribution in [0.2, 0.25) is 0 Å². The van der Waals surface area contributed by atoms with Gasteiger partial charge in [0.1, 0.15) is 6.04 Å². The summed E-state index contributed by atoms with van der Waals surface area (Å²) in [4.78, 5) is 12.6. The van der Waals surface area contributed by atoms with Gasteiger partial charge in [0.25, 0.3) is 0 Å². The largest absolute Gasteiger partial charge is 0.465 e. The molecule has 0 bridgehead atoms. The van der Waals surface area contributed by atoms with Crippen molar-refractivity contribution < 1.29 is 9.53 Å². The maximum atomic E-state index is 11.6. The fourth-order valence-corrected chi connectivity index (χ4v) is 1.97. The minimum absolute atomic E-state index is 0.234. The minimum atomic E-state index is -0.372. The monoisotopic (exact) mass is 225 g/mol. The molecule has 1 aromatic heterocycles. The van der Waals surface area contributed by atoms with Crippen LogP contribution < -0.4 is 5.32 Å². The van der Waals surface area contributed by atoms with E-state index in [4.69, 9.17) is 4.74 Å². The number of rotatable bonds is 6. The molecule has 3 nitrogen and oxygen atoms in total. The van der Waals surface area contributed by atoms with Gasteiger partial charge >= 0.3 is 5.97 Å². The van der Waals surface area contributed by atoms with E-state index in [0.717, 1.165) is 4.88 Å². The number of esters is 1. The summed E-state index contributed by atoms with van der Waals surface area (Å²) in [6, 6.07) is 3.47. The van der Waals surface area contributed by atoms with Gasteiger partial charge < -0.3 is 4.74 Å². The Morgan fingerprint density at radius 3 is 3.13 bits per heavy atom. The molecule has 15 heavy (non-hydrogen) atoms. The van der Waals surface area contributed by atoms with E-state index in [-0.39, 0.29) is 12.0 Å². The van der Waals surface area contributed by atoms with E-state index < -0.39 is 0 Å². The normalized spacial score (nSPS) is 12.1. The Morgan fingerprint density at radius 2 is 2.60 bits per heavy atom. The van der Waals surface area contributed by atoms with Crippen LogP contribution in [-0.4, -0.2) is 19.1 Å². The van der Waals surface area contributed by atoms with Crippen LogP contribution in [0.4, 0.5) is 0 Å². The number of hydrogen-bond donors (Lipinski definition) is 1. The average molecular weight is 225 g/mol. The fourth-order valence-electron chi connectivity index (χ4n) is 1.18. The van der Waals surface area contributed by atoms with Crippen molar-refractivity contribution in [1.82, 2.24) is 5.32 Å². The van der Waals surface area contributed by atoms with Crippen molar-refractivity contribution in [2.24, 2.45) is 0 Å². The van der Waals surface area contributed by atoms with E-state index in [2.05, 4.69) is 11.9 Å². The summed E-state index contributed by atoms with van der Waals surface area (Å²) < 4.78 is 5.00. The molecule has 1 rings (SSSR count). The SMILES string of the molecule is C=CCNC(C(=O)OCC)c1cccs1. The van der Waals surface area contributed by atoms with Gasteiger partial charge in [-0.3, -0.25) is 5.32 Å². The van der Waals surface area contributed by atoms with Gasteiger partial charge in [0.2, 0.25) is 0 Å². The third-order valence-corrected chi connectivity index (χ3v) is 2.75. The Balaban J connectivity index is 2.69. The zero-order chi connectivity index (χ0) is 11.1. The number of hydrogen-bond acceptors (Lipinski definition) is 4. The van der Waals surface area contributed by atoms with Crippen LogP contribution in [0.15, 0.2) is 30.2 Å². The van der Waals surface area contributed by atoms with Gasteiger partial charge in [-0.2, -0.15) is 0 Å². The summed E-state index contributed by atoms with van der Waals surface area (Å²) in [5.74, 6) is -0.234. The zero-order valence-electron chi connectivity index (χ0n) is 8.73. The maximum absolute atomic E-state index is 11.6. The molecule has 0 aliphatic carbocycles. The highest BCUT2D eigenvalue weighted by molar-refractivity contribution is 7.10. The summed E-state index contributed by atoms with van der Waals surface area (Å²) in [7, 11) is 0. The van der Waals surface area contributed by atoms with E-state index in [1.165, 1.54) is 11.3 Å². The molecule has 0 aromatic carbocycles. The predicted molar refractivity (Wildman–Crippen MR) is 61.9 cm³/mol. The topological polar surface area (TPSA) is 38.3 Å². The second-order valence-corrected chi connectivity index (χ2v) is 3.88. The molecular formula is C11H15NO2S. The first-order valence-electron chi connectivity index (χ1n) is 4.84. The molecule has 0 aliphatic heterocycles. The Kier molecular flexibility index (Phi) is 5.07. The number of thiophene rings is 1. The van der Waals surface area contributed by atoms with Crippen LogP contribution in [0, 0.1) is 0 Å². The molecule has 1 N–H and O–H groups in total. The van der Waals surface area contributed by atoms with Crippen molar-refractivity contribution in [2.45, 2.75) is 13.0 Å². The third-order valence-electron chi connectivity index (χ3n) is 1.82. The second-order valence-electron chi connectivity index (χ2n) is 2.90. The third kappa shape index (κ3) is 3.49.